The van der Waals surface area contributed by atoms with Gasteiger partial charge in [0.2, 0.25) is 0 Å². The van der Waals surface area contributed by atoms with Crippen molar-refractivity contribution < 1.29 is 9.59 Å². The molecule has 184 valence electrons. The summed E-state index contributed by atoms with van der Waals surface area (Å²) < 4.78 is 1.81. The van der Waals surface area contributed by atoms with Gasteiger partial charge in [-0.3, -0.25) is 18.9 Å². The van der Waals surface area contributed by atoms with E-state index in [1.54, 1.807) is 10.6 Å². The molecule has 6 aliphatic rings. The van der Waals surface area contributed by atoms with Gasteiger partial charge in [-0.15, -0.1) is 0 Å². The van der Waals surface area contributed by atoms with Crippen LogP contribution in [0.5, 0.6) is 0 Å². The molecule has 0 aromatic carbocycles. The zero-order valence-corrected chi connectivity index (χ0v) is 20.4. The van der Waals surface area contributed by atoms with E-state index in [9.17, 15) is 9.59 Å². The van der Waals surface area contributed by atoms with E-state index in [4.69, 9.17) is 0 Å². The Bertz CT molecular complexity index is 1230. The molecule has 35 heavy (non-hydrogen) atoms. The van der Waals surface area contributed by atoms with E-state index in [-0.39, 0.29) is 11.8 Å². The van der Waals surface area contributed by atoms with Crippen LogP contribution in [0.3, 0.4) is 0 Å². The monoisotopic (exact) mass is 473 g/mol. The van der Waals surface area contributed by atoms with Gasteiger partial charge in [-0.1, -0.05) is 6.07 Å². The van der Waals surface area contributed by atoms with Crippen molar-refractivity contribution in [2.45, 2.75) is 57.4 Å². The number of fused-ring (bicyclic) bond motifs is 3. The van der Waals surface area contributed by atoms with Crippen molar-refractivity contribution in [1.82, 2.24) is 24.5 Å². The number of hydrogen-bond donors (Lipinski definition) is 1. The van der Waals surface area contributed by atoms with Crippen molar-refractivity contribution in [3.8, 4) is 0 Å². The van der Waals surface area contributed by atoms with Crippen molar-refractivity contribution in [2.75, 3.05) is 32.7 Å². The number of imidazole rings is 1. The molecule has 4 heterocycles. The molecule has 2 saturated heterocycles. The summed E-state index contributed by atoms with van der Waals surface area (Å²) in [5.74, 6) is 2.80. The highest BCUT2D eigenvalue weighted by Gasteiger charge is 2.76. The van der Waals surface area contributed by atoms with Gasteiger partial charge in [-0.2, -0.15) is 0 Å². The zero-order chi connectivity index (χ0) is 23.4. The second-order valence-electron chi connectivity index (χ2n) is 12.7. The Labute approximate surface area is 206 Å². The van der Waals surface area contributed by atoms with E-state index in [0.717, 1.165) is 56.9 Å². The summed E-state index contributed by atoms with van der Waals surface area (Å²) in [6.07, 6.45) is 12.2. The summed E-state index contributed by atoms with van der Waals surface area (Å²) in [7, 11) is 0. The molecule has 4 saturated carbocycles. The van der Waals surface area contributed by atoms with Gasteiger partial charge >= 0.3 is 0 Å². The van der Waals surface area contributed by atoms with Gasteiger partial charge in [0.15, 0.2) is 0 Å². The Morgan fingerprint density at radius 1 is 1.11 bits per heavy atom. The first-order valence-electron chi connectivity index (χ1n) is 13.8. The molecular weight excluding hydrogens is 438 g/mol. The van der Waals surface area contributed by atoms with Gasteiger partial charge in [0.25, 0.3) is 11.8 Å². The summed E-state index contributed by atoms with van der Waals surface area (Å²) >= 11 is 0. The molecule has 6 fully saturated rings. The molecule has 2 aromatic rings. The molecule has 0 radical (unpaired) electrons. The maximum absolute atomic E-state index is 13.3. The molecule has 2 bridgehead atoms. The highest BCUT2D eigenvalue weighted by molar-refractivity contribution is 5.95. The van der Waals surface area contributed by atoms with Gasteiger partial charge in [-0.05, 0) is 105 Å². The molecule has 1 spiro atoms. The first-order valence-corrected chi connectivity index (χ1v) is 13.8. The number of amides is 2. The number of likely N-dealkylation sites (tertiary alicyclic amines) is 2. The number of hydrogen-bond acceptors (Lipinski definition) is 4. The molecule has 7 nitrogen and oxygen atoms in total. The fourth-order valence-corrected chi connectivity index (χ4v) is 9.02. The van der Waals surface area contributed by atoms with Crippen molar-refractivity contribution in [1.29, 1.82) is 0 Å². The Kier molecular flexibility index (Phi) is 4.20. The molecule has 4 aliphatic carbocycles. The highest BCUT2D eigenvalue weighted by atomic mass is 16.2. The van der Waals surface area contributed by atoms with E-state index >= 15 is 0 Å². The molecule has 7 heteroatoms. The minimum absolute atomic E-state index is 0.0164. The zero-order valence-electron chi connectivity index (χ0n) is 20.4. The van der Waals surface area contributed by atoms with Crippen LogP contribution in [0.4, 0.5) is 0 Å². The first kappa shape index (κ1) is 20.7. The summed E-state index contributed by atoms with van der Waals surface area (Å²) in [4.78, 5) is 35.7. The Hall–Kier alpha value is -2.41. The molecule has 2 aliphatic heterocycles. The average molecular weight is 474 g/mol. The van der Waals surface area contributed by atoms with Crippen molar-refractivity contribution in [3.05, 3.63) is 35.8 Å². The van der Waals surface area contributed by atoms with E-state index < -0.39 is 0 Å². The van der Waals surface area contributed by atoms with Crippen LogP contribution in [-0.2, 0) is 0 Å². The average Bonchev–Trinajstić information content (AvgIpc) is 3.41. The minimum Gasteiger partial charge on any atom is -0.350 e. The van der Waals surface area contributed by atoms with Crippen LogP contribution in [0.25, 0.3) is 5.65 Å². The lowest BCUT2D eigenvalue weighted by Gasteiger charge is -2.36. The number of pyridine rings is 1. The van der Waals surface area contributed by atoms with E-state index in [1.165, 1.54) is 44.9 Å². The SMILES string of the molecule is O=C(NCC12CC3CC3C3(CC3C1)C2)c1cccc2nc(C(=O)N3CCC(N4CCCC4)C3)cn12. The van der Waals surface area contributed by atoms with Gasteiger partial charge in [-0.25, -0.2) is 4.98 Å². The largest absolute Gasteiger partial charge is 0.350 e. The van der Waals surface area contributed by atoms with E-state index in [2.05, 4.69) is 15.2 Å². The normalized spacial score (nSPS) is 39.0. The van der Waals surface area contributed by atoms with Crippen LogP contribution in [0, 0.1) is 28.6 Å². The molecular formula is C28H35N5O2. The lowest BCUT2D eigenvalue weighted by atomic mass is 9.71. The number of rotatable bonds is 5. The molecule has 1 N–H and O–H groups in total. The maximum Gasteiger partial charge on any atom is 0.274 e. The van der Waals surface area contributed by atoms with E-state index in [1.807, 2.05) is 23.1 Å². The summed E-state index contributed by atoms with van der Waals surface area (Å²) in [5, 5.41) is 3.30. The number of nitrogens with one attached hydrogen (secondary N) is 1. The van der Waals surface area contributed by atoms with Crippen molar-refractivity contribution >= 4 is 17.5 Å². The Morgan fingerprint density at radius 3 is 2.89 bits per heavy atom. The standard InChI is InChI=1S/C28H35N5O2/c34-25(29-17-27-11-18-10-21(18)28(16-27)13-19(28)12-27)23-4-3-5-24-30-22(15-33(23)24)26(35)32-9-6-20(14-32)31-7-1-2-8-31/h3-5,15,18-21H,1-2,6-14,16-17H2,(H,29,34). The predicted molar refractivity (Wildman–Crippen MR) is 131 cm³/mol. The number of nitrogens with zero attached hydrogens (tertiary/aromatic N) is 4. The van der Waals surface area contributed by atoms with Gasteiger partial charge in [0, 0.05) is 31.9 Å². The molecule has 2 amide bonds. The number of carbonyl (C=O) groups is 2. The first-order chi connectivity index (χ1) is 17.0. The second-order valence-corrected chi connectivity index (χ2v) is 12.7. The van der Waals surface area contributed by atoms with Crippen molar-refractivity contribution in [2.24, 2.45) is 28.6 Å². The quantitative estimate of drug-likeness (QED) is 0.724. The third kappa shape index (κ3) is 3.09. The lowest BCUT2D eigenvalue weighted by Crippen LogP contribution is -2.40. The van der Waals surface area contributed by atoms with Crippen molar-refractivity contribution in [3.63, 3.8) is 0 Å². The summed E-state index contributed by atoms with van der Waals surface area (Å²) in [6, 6.07) is 6.08. The highest BCUT2D eigenvalue weighted by Crippen LogP contribution is 2.83. The molecule has 6 unspecified atom stereocenters. The molecule has 8 rings (SSSR count). The number of aromatic nitrogens is 2. The van der Waals surface area contributed by atoms with Crippen LogP contribution >= 0.6 is 0 Å². The minimum atomic E-state index is -0.0517. The third-order valence-corrected chi connectivity index (χ3v) is 10.7. The molecule has 2 aromatic heterocycles. The van der Waals surface area contributed by atoms with Gasteiger partial charge in [0.05, 0.1) is 0 Å². The third-order valence-electron chi connectivity index (χ3n) is 10.7. The van der Waals surface area contributed by atoms with Crippen LogP contribution in [-0.4, -0.2) is 69.8 Å². The van der Waals surface area contributed by atoms with Crippen LogP contribution < -0.4 is 5.32 Å². The fraction of sp³-hybridized carbons (Fsp3) is 0.679. The number of carbonyl (C=O) groups excluding carboxylic acids is 2. The summed E-state index contributed by atoms with van der Waals surface area (Å²) in [5.41, 5.74) is 2.66. The predicted octanol–water partition coefficient (Wildman–Crippen LogP) is 3.20. The van der Waals surface area contributed by atoms with Crippen LogP contribution in [0.1, 0.15) is 72.3 Å². The van der Waals surface area contributed by atoms with Crippen LogP contribution in [0.15, 0.2) is 24.4 Å². The van der Waals surface area contributed by atoms with Gasteiger partial charge < -0.3 is 10.2 Å². The second kappa shape index (κ2) is 7.09. The van der Waals surface area contributed by atoms with Crippen LogP contribution in [0.2, 0.25) is 0 Å². The van der Waals surface area contributed by atoms with Gasteiger partial charge in [0.1, 0.15) is 17.0 Å². The maximum atomic E-state index is 13.3. The van der Waals surface area contributed by atoms with E-state index in [0.29, 0.717) is 33.9 Å². The Morgan fingerprint density at radius 2 is 2.00 bits per heavy atom. The fourth-order valence-electron chi connectivity index (χ4n) is 9.02. The molecule has 6 atom stereocenters. The smallest absolute Gasteiger partial charge is 0.274 e. The lowest BCUT2D eigenvalue weighted by molar-refractivity contribution is 0.0774. The topological polar surface area (TPSA) is 70.0 Å². The Balaban J connectivity index is 0.980. The summed E-state index contributed by atoms with van der Waals surface area (Å²) in [6.45, 7) is 4.67.